The van der Waals surface area contributed by atoms with Gasteiger partial charge in [0, 0.05) is 6.54 Å². The van der Waals surface area contributed by atoms with Gasteiger partial charge in [0.15, 0.2) is 0 Å². The van der Waals surface area contributed by atoms with Gasteiger partial charge in [0.1, 0.15) is 6.04 Å². The molecule has 3 unspecified atom stereocenters. The summed E-state index contributed by atoms with van der Waals surface area (Å²) in [4.78, 5) is 14.6. The minimum atomic E-state index is -0.171. The first-order valence-electron chi connectivity index (χ1n) is 7.28. The molecule has 1 aromatic carbocycles. The van der Waals surface area contributed by atoms with Crippen LogP contribution < -0.4 is 5.32 Å². The third-order valence-electron chi connectivity index (χ3n) is 3.99. The lowest BCUT2D eigenvalue weighted by Gasteiger charge is -2.25. The summed E-state index contributed by atoms with van der Waals surface area (Å²) in [5, 5.41) is 3.46. The van der Waals surface area contributed by atoms with Crippen molar-refractivity contribution in [1.29, 1.82) is 0 Å². The molecule has 0 aromatic heterocycles. The summed E-state index contributed by atoms with van der Waals surface area (Å²) < 4.78 is 0. The monoisotopic (exact) mass is 260 g/mol. The predicted molar refractivity (Wildman–Crippen MR) is 77.6 cm³/mol. The van der Waals surface area contributed by atoms with Crippen LogP contribution in [0.3, 0.4) is 0 Å². The number of benzene rings is 1. The van der Waals surface area contributed by atoms with Crippen LogP contribution in [0.4, 0.5) is 0 Å². The molecular formula is C16H24N2O. The average molecular weight is 260 g/mol. The second kappa shape index (κ2) is 6.20. The van der Waals surface area contributed by atoms with Crippen LogP contribution in [0.15, 0.2) is 30.3 Å². The zero-order chi connectivity index (χ0) is 13.8. The third-order valence-corrected chi connectivity index (χ3v) is 3.99. The first kappa shape index (κ1) is 14.1. The lowest BCUT2D eigenvalue weighted by molar-refractivity contribution is -0.130. The van der Waals surface area contributed by atoms with Gasteiger partial charge in [0.05, 0.1) is 6.17 Å². The number of nitrogens with zero attached hydrogens (tertiary/aromatic N) is 1. The highest BCUT2D eigenvalue weighted by Crippen LogP contribution is 2.26. The highest BCUT2D eigenvalue weighted by molar-refractivity contribution is 5.85. The Labute approximate surface area is 116 Å². The number of carbonyl (C=O) groups excluding carboxylic acids is 1. The molecular weight excluding hydrogens is 236 g/mol. The van der Waals surface area contributed by atoms with Crippen molar-refractivity contribution in [2.24, 2.45) is 5.92 Å². The summed E-state index contributed by atoms with van der Waals surface area (Å²) in [5.74, 6) is 0.771. The number of nitrogens with one attached hydrogen (secondary N) is 1. The molecule has 0 aliphatic carbocycles. The molecule has 1 fully saturated rings. The fraction of sp³-hybridized carbons (Fsp3) is 0.562. The van der Waals surface area contributed by atoms with Crippen LogP contribution in [0, 0.1) is 5.92 Å². The summed E-state index contributed by atoms with van der Waals surface area (Å²) in [6.45, 7) is 7.36. The second-order valence-electron chi connectivity index (χ2n) is 5.44. The molecule has 1 aromatic rings. The molecule has 1 aliphatic rings. The highest BCUT2D eigenvalue weighted by atomic mass is 16.2. The summed E-state index contributed by atoms with van der Waals surface area (Å²) in [6, 6.07) is 9.84. The first-order chi connectivity index (χ1) is 9.17. The molecule has 19 heavy (non-hydrogen) atoms. The third kappa shape index (κ3) is 2.98. The van der Waals surface area contributed by atoms with E-state index in [-0.39, 0.29) is 18.1 Å². The van der Waals surface area contributed by atoms with Crippen molar-refractivity contribution in [2.45, 2.75) is 45.8 Å². The van der Waals surface area contributed by atoms with Gasteiger partial charge in [-0.15, -0.1) is 0 Å². The first-order valence-corrected chi connectivity index (χ1v) is 7.28. The van der Waals surface area contributed by atoms with Crippen molar-refractivity contribution >= 4 is 5.91 Å². The Hall–Kier alpha value is -1.35. The van der Waals surface area contributed by atoms with Gasteiger partial charge < -0.3 is 4.90 Å². The zero-order valence-corrected chi connectivity index (χ0v) is 12.1. The number of carbonyl (C=O) groups is 1. The Morgan fingerprint density at radius 2 is 1.95 bits per heavy atom. The van der Waals surface area contributed by atoms with Gasteiger partial charge in [-0.1, -0.05) is 57.5 Å². The van der Waals surface area contributed by atoms with Crippen LogP contribution in [0.1, 0.15) is 45.2 Å². The molecule has 3 atom stereocenters. The van der Waals surface area contributed by atoms with Crippen molar-refractivity contribution < 1.29 is 4.79 Å². The van der Waals surface area contributed by atoms with Crippen LogP contribution in [0.2, 0.25) is 0 Å². The number of rotatable bonds is 5. The van der Waals surface area contributed by atoms with Crippen molar-refractivity contribution in [3.8, 4) is 0 Å². The maximum atomic E-state index is 12.6. The molecule has 1 heterocycles. The number of hydrogen-bond donors (Lipinski definition) is 1. The Morgan fingerprint density at radius 1 is 1.26 bits per heavy atom. The molecule has 3 heteroatoms. The van der Waals surface area contributed by atoms with E-state index in [1.54, 1.807) is 0 Å². The van der Waals surface area contributed by atoms with E-state index in [2.05, 4.69) is 26.1 Å². The Morgan fingerprint density at radius 3 is 2.53 bits per heavy atom. The maximum Gasteiger partial charge on any atom is 0.245 e. The van der Waals surface area contributed by atoms with E-state index in [0.29, 0.717) is 5.92 Å². The van der Waals surface area contributed by atoms with E-state index in [1.807, 2.05) is 35.2 Å². The van der Waals surface area contributed by atoms with Crippen LogP contribution in [0.5, 0.6) is 0 Å². The molecule has 2 rings (SSSR count). The summed E-state index contributed by atoms with van der Waals surface area (Å²) >= 11 is 0. The van der Waals surface area contributed by atoms with Crippen molar-refractivity contribution in [2.75, 3.05) is 6.54 Å². The highest BCUT2D eigenvalue weighted by Gasteiger charge is 2.38. The molecule has 1 N–H and O–H groups in total. The van der Waals surface area contributed by atoms with E-state index in [9.17, 15) is 4.79 Å². The average Bonchev–Trinajstić information content (AvgIpc) is 2.76. The van der Waals surface area contributed by atoms with Crippen LogP contribution in [0.25, 0.3) is 0 Å². The molecule has 104 valence electrons. The summed E-state index contributed by atoms with van der Waals surface area (Å²) in [6.07, 6.45) is 2.23. The Bertz CT molecular complexity index is 418. The minimum absolute atomic E-state index is 0.171. The van der Waals surface area contributed by atoms with Gasteiger partial charge >= 0.3 is 0 Å². The summed E-state index contributed by atoms with van der Waals surface area (Å²) in [7, 11) is 0. The van der Waals surface area contributed by atoms with Crippen molar-refractivity contribution in [3.63, 3.8) is 0 Å². The minimum Gasteiger partial charge on any atom is -0.325 e. The smallest absolute Gasteiger partial charge is 0.245 e. The van der Waals surface area contributed by atoms with Crippen LogP contribution >= 0.6 is 0 Å². The molecule has 1 aliphatic heterocycles. The van der Waals surface area contributed by atoms with Crippen molar-refractivity contribution in [1.82, 2.24) is 10.2 Å². The number of amides is 1. The molecule has 0 radical (unpaired) electrons. The van der Waals surface area contributed by atoms with Crippen molar-refractivity contribution in [3.05, 3.63) is 35.9 Å². The Kier molecular flexibility index (Phi) is 4.59. The van der Waals surface area contributed by atoms with Gasteiger partial charge in [-0.25, -0.2) is 0 Å². The van der Waals surface area contributed by atoms with E-state index < -0.39 is 0 Å². The van der Waals surface area contributed by atoms with Crippen LogP contribution in [-0.4, -0.2) is 23.5 Å². The molecule has 1 amide bonds. The fourth-order valence-corrected chi connectivity index (χ4v) is 2.58. The van der Waals surface area contributed by atoms with Gasteiger partial charge in [-0.3, -0.25) is 10.1 Å². The van der Waals surface area contributed by atoms with E-state index in [0.717, 1.165) is 24.9 Å². The lowest BCUT2D eigenvalue weighted by Crippen LogP contribution is -2.39. The summed E-state index contributed by atoms with van der Waals surface area (Å²) in [5.41, 5.74) is 1.07. The van der Waals surface area contributed by atoms with E-state index in [4.69, 9.17) is 0 Å². The van der Waals surface area contributed by atoms with Crippen LogP contribution in [-0.2, 0) is 4.79 Å². The van der Waals surface area contributed by atoms with E-state index >= 15 is 0 Å². The van der Waals surface area contributed by atoms with Gasteiger partial charge in [0.2, 0.25) is 5.91 Å². The predicted octanol–water partition coefficient (Wildman–Crippen LogP) is 2.94. The second-order valence-corrected chi connectivity index (χ2v) is 5.44. The molecule has 3 nitrogen and oxygen atoms in total. The standard InChI is InChI=1S/C16H24N2O/c1-4-12(3)11-18-14(5-2)17-15(16(18)19)13-9-7-6-8-10-13/h6-10,12,14-15,17H,4-5,11H2,1-3H3. The molecule has 0 bridgehead atoms. The zero-order valence-electron chi connectivity index (χ0n) is 12.1. The topological polar surface area (TPSA) is 32.3 Å². The van der Waals surface area contributed by atoms with Gasteiger partial charge in [0.25, 0.3) is 0 Å². The number of hydrogen-bond acceptors (Lipinski definition) is 2. The quantitative estimate of drug-likeness (QED) is 0.883. The SMILES string of the molecule is CCC(C)CN1C(=O)C(c2ccccc2)NC1CC. The Balaban J connectivity index is 2.15. The maximum absolute atomic E-state index is 12.6. The largest absolute Gasteiger partial charge is 0.325 e. The van der Waals surface area contributed by atoms with E-state index in [1.165, 1.54) is 0 Å². The fourth-order valence-electron chi connectivity index (χ4n) is 2.58. The molecule has 1 saturated heterocycles. The van der Waals surface area contributed by atoms with Gasteiger partial charge in [-0.2, -0.15) is 0 Å². The molecule has 0 spiro atoms. The van der Waals surface area contributed by atoms with Gasteiger partial charge in [-0.05, 0) is 17.9 Å². The normalized spacial score (nSPS) is 24.8. The molecule has 0 saturated carbocycles. The lowest BCUT2D eigenvalue weighted by atomic mass is 10.1.